The van der Waals surface area contributed by atoms with Crippen LogP contribution in [0.5, 0.6) is 0 Å². The number of nitrogens with one attached hydrogen (secondary N) is 1. The molecule has 0 saturated carbocycles. The highest BCUT2D eigenvalue weighted by Crippen LogP contribution is 2.23. The maximum Gasteiger partial charge on any atom is 0.259 e. The molecule has 0 aliphatic heterocycles. The third kappa shape index (κ3) is 2.70. The molecule has 0 atom stereocenters. The summed E-state index contributed by atoms with van der Waals surface area (Å²) in [6.07, 6.45) is 3.33. The lowest BCUT2D eigenvalue weighted by molar-refractivity contribution is 0.102. The standard InChI is InChI=1S/C16H19NO2/c1-4-12-7-6-8-13(5-2)15(12)17-16(18)14-9-10-19-11(14)3/h6-10H,4-5H2,1-3H3,(H,17,18). The molecule has 2 rings (SSSR count). The maximum atomic E-state index is 12.3. The summed E-state index contributed by atoms with van der Waals surface area (Å²) in [6, 6.07) is 7.84. The van der Waals surface area contributed by atoms with Gasteiger partial charge in [0, 0.05) is 5.69 Å². The number of carbonyl (C=O) groups excluding carboxylic acids is 1. The molecule has 0 unspecified atom stereocenters. The van der Waals surface area contributed by atoms with Gasteiger partial charge in [-0.15, -0.1) is 0 Å². The Morgan fingerprint density at radius 1 is 1.16 bits per heavy atom. The predicted octanol–water partition coefficient (Wildman–Crippen LogP) is 3.97. The molecule has 0 spiro atoms. The molecule has 0 saturated heterocycles. The third-order valence-electron chi connectivity index (χ3n) is 3.34. The zero-order valence-electron chi connectivity index (χ0n) is 11.6. The molecule has 100 valence electrons. The molecule has 19 heavy (non-hydrogen) atoms. The van der Waals surface area contributed by atoms with Gasteiger partial charge in [0.25, 0.3) is 5.91 Å². The molecule has 0 fully saturated rings. The highest BCUT2D eigenvalue weighted by Gasteiger charge is 2.14. The fraction of sp³-hybridized carbons (Fsp3) is 0.312. The van der Waals surface area contributed by atoms with Crippen molar-refractivity contribution in [1.82, 2.24) is 0 Å². The van der Waals surface area contributed by atoms with E-state index in [-0.39, 0.29) is 5.91 Å². The molecule has 1 N–H and O–H groups in total. The molecule has 0 bridgehead atoms. The number of hydrogen-bond donors (Lipinski definition) is 1. The molecule has 2 aromatic rings. The quantitative estimate of drug-likeness (QED) is 0.900. The highest BCUT2D eigenvalue weighted by atomic mass is 16.3. The first-order valence-corrected chi connectivity index (χ1v) is 6.63. The van der Waals surface area contributed by atoms with E-state index < -0.39 is 0 Å². The van der Waals surface area contributed by atoms with Crippen molar-refractivity contribution >= 4 is 11.6 Å². The van der Waals surface area contributed by atoms with E-state index in [1.165, 1.54) is 6.26 Å². The number of amides is 1. The minimum absolute atomic E-state index is 0.109. The van der Waals surface area contributed by atoms with Crippen LogP contribution in [0.25, 0.3) is 0 Å². The van der Waals surface area contributed by atoms with Gasteiger partial charge >= 0.3 is 0 Å². The van der Waals surface area contributed by atoms with Crippen LogP contribution >= 0.6 is 0 Å². The van der Waals surface area contributed by atoms with Crippen molar-refractivity contribution in [3.63, 3.8) is 0 Å². The number of benzene rings is 1. The van der Waals surface area contributed by atoms with Gasteiger partial charge in [-0.2, -0.15) is 0 Å². The Hall–Kier alpha value is -2.03. The molecular weight excluding hydrogens is 238 g/mol. The number of hydrogen-bond acceptors (Lipinski definition) is 2. The molecular formula is C16H19NO2. The van der Waals surface area contributed by atoms with E-state index in [1.54, 1.807) is 13.0 Å². The van der Waals surface area contributed by atoms with Gasteiger partial charge in [0.05, 0.1) is 11.8 Å². The van der Waals surface area contributed by atoms with Crippen molar-refractivity contribution in [2.45, 2.75) is 33.6 Å². The lowest BCUT2D eigenvalue weighted by Gasteiger charge is -2.14. The summed E-state index contributed by atoms with van der Waals surface area (Å²) in [5.74, 6) is 0.534. The highest BCUT2D eigenvalue weighted by molar-refractivity contribution is 6.05. The van der Waals surface area contributed by atoms with Crippen molar-refractivity contribution in [2.24, 2.45) is 0 Å². The van der Waals surface area contributed by atoms with Gasteiger partial charge in [0.15, 0.2) is 0 Å². The van der Waals surface area contributed by atoms with E-state index in [9.17, 15) is 4.79 Å². The Morgan fingerprint density at radius 2 is 1.79 bits per heavy atom. The van der Waals surface area contributed by atoms with E-state index in [0.29, 0.717) is 11.3 Å². The number of anilines is 1. The van der Waals surface area contributed by atoms with Crippen molar-refractivity contribution in [1.29, 1.82) is 0 Å². The summed E-state index contributed by atoms with van der Waals surface area (Å²) < 4.78 is 5.18. The summed E-state index contributed by atoms with van der Waals surface area (Å²) in [7, 11) is 0. The largest absolute Gasteiger partial charge is 0.469 e. The first-order chi connectivity index (χ1) is 9.17. The van der Waals surface area contributed by atoms with Crippen molar-refractivity contribution in [3.8, 4) is 0 Å². The number of furan rings is 1. The second kappa shape index (κ2) is 5.74. The van der Waals surface area contributed by atoms with Gasteiger partial charge in [0.2, 0.25) is 0 Å². The Bertz CT molecular complexity index is 562. The van der Waals surface area contributed by atoms with E-state index in [1.807, 2.05) is 6.07 Å². The van der Waals surface area contributed by atoms with Crippen LogP contribution in [0.1, 0.15) is 41.1 Å². The lowest BCUT2D eigenvalue weighted by atomic mass is 10.0. The number of carbonyl (C=O) groups is 1. The molecule has 1 aromatic heterocycles. The predicted molar refractivity (Wildman–Crippen MR) is 76.6 cm³/mol. The zero-order valence-corrected chi connectivity index (χ0v) is 11.6. The molecule has 1 heterocycles. The van der Waals surface area contributed by atoms with E-state index in [4.69, 9.17) is 4.42 Å². The van der Waals surface area contributed by atoms with Gasteiger partial charge in [-0.1, -0.05) is 32.0 Å². The van der Waals surface area contributed by atoms with Crippen LogP contribution in [0.3, 0.4) is 0 Å². The van der Waals surface area contributed by atoms with Gasteiger partial charge < -0.3 is 9.73 Å². The molecule has 0 aliphatic carbocycles. The fourth-order valence-electron chi connectivity index (χ4n) is 2.20. The fourth-order valence-corrected chi connectivity index (χ4v) is 2.20. The van der Waals surface area contributed by atoms with Crippen LogP contribution in [-0.2, 0) is 12.8 Å². The minimum atomic E-state index is -0.109. The smallest absolute Gasteiger partial charge is 0.259 e. The molecule has 3 heteroatoms. The average Bonchev–Trinajstić information content (AvgIpc) is 2.85. The molecule has 0 aliphatic rings. The van der Waals surface area contributed by atoms with Crippen LogP contribution in [0.15, 0.2) is 34.9 Å². The second-order valence-electron chi connectivity index (χ2n) is 4.50. The van der Waals surface area contributed by atoms with Gasteiger partial charge in [-0.25, -0.2) is 0 Å². The maximum absolute atomic E-state index is 12.3. The Morgan fingerprint density at radius 3 is 2.26 bits per heavy atom. The summed E-state index contributed by atoms with van der Waals surface area (Å²) >= 11 is 0. The third-order valence-corrected chi connectivity index (χ3v) is 3.34. The first-order valence-electron chi connectivity index (χ1n) is 6.63. The minimum Gasteiger partial charge on any atom is -0.469 e. The first kappa shape index (κ1) is 13.4. The van der Waals surface area contributed by atoms with Crippen LogP contribution in [0.4, 0.5) is 5.69 Å². The average molecular weight is 257 g/mol. The van der Waals surface area contributed by atoms with Crippen LogP contribution in [0.2, 0.25) is 0 Å². The SMILES string of the molecule is CCc1cccc(CC)c1NC(=O)c1ccoc1C. The summed E-state index contributed by atoms with van der Waals surface area (Å²) in [4.78, 5) is 12.3. The summed E-state index contributed by atoms with van der Waals surface area (Å²) in [5.41, 5.74) is 3.86. The van der Waals surface area contributed by atoms with Gasteiger partial charge in [-0.3, -0.25) is 4.79 Å². The van der Waals surface area contributed by atoms with Crippen LogP contribution in [0, 0.1) is 6.92 Å². The summed E-state index contributed by atoms with van der Waals surface area (Å²) in [6.45, 7) is 5.97. The van der Waals surface area contributed by atoms with E-state index in [0.717, 1.165) is 29.7 Å². The zero-order chi connectivity index (χ0) is 13.8. The molecule has 1 aromatic carbocycles. The normalized spacial score (nSPS) is 10.5. The Labute approximate surface area is 113 Å². The molecule has 3 nitrogen and oxygen atoms in total. The second-order valence-corrected chi connectivity index (χ2v) is 4.50. The van der Waals surface area contributed by atoms with Gasteiger partial charge in [0.1, 0.15) is 5.76 Å². The van der Waals surface area contributed by atoms with E-state index in [2.05, 4.69) is 31.3 Å². The molecule has 1 amide bonds. The number of para-hydroxylation sites is 1. The van der Waals surface area contributed by atoms with Gasteiger partial charge in [-0.05, 0) is 37.0 Å². The molecule has 0 radical (unpaired) electrons. The lowest BCUT2D eigenvalue weighted by Crippen LogP contribution is -2.15. The number of rotatable bonds is 4. The topological polar surface area (TPSA) is 42.2 Å². The summed E-state index contributed by atoms with van der Waals surface area (Å²) in [5, 5.41) is 3.03. The van der Waals surface area contributed by atoms with E-state index >= 15 is 0 Å². The van der Waals surface area contributed by atoms with Crippen LogP contribution < -0.4 is 5.32 Å². The number of aryl methyl sites for hydroxylation is 3. The Balaban J connectivity index is 2.33. The Kier molecular flexibility index (Phi) is 4.05. The van der Waals surface area contributed by atoms with Crippen molar-refractivity contribution in [2.75, 3.05) is 5.32 Å². The van der Waals surface area contributed by atoms with Crippen molar-refractivity contribution in [3.05, 3.63) is 53.0 Å². The monoisotopic (exact) mass is 257 g/mol. The van der Waals surface area contributed by atoms with Crippen LogP contribution in [-0.4, -0.2) is 5.91 Å². The van der Waals surface area contributed by atoms with Crippen molar-refractivity contribution < 1.29 is 9.21 Å².